The normalized spacial score (nSPS) is 35.2. The maximum absolute atomic E-state index is 10.5. The van der Waals surface area contributed by atoms with Crippen LogP contribution in [0.25, 0.3) is 0 Å². The highest BCUT2D eigenvalue weighted by Gasteiger charge is 2.48. The summed E-state index contributed by atoms with van der Waals surface area (Å²) >= 11 is 0. The topological polar surface area (TPSA) is 61.1 Å². The fourth-order valence-corrected chi connectivity index (χ4v) is 2.38. The Bertz CT molecular complexity index is 270. The van der Waals surface area contributed by atoms with Crippen molar-refractivity contribution in [2.24, 2.45) is 11.3 Å². The molecule has 15 heavy (non-hydrogen) atoms. The van der Waals surface area contributed by atoms with Gasteiger partial charge in [-0.25, -0.2) is 0 Å². The monoisotopic (exact) mass is 209 g/mol. The van der Waals surface area contributed by atoms with Gasteiger partial charge in [-0.05, 0) is 38.5 Å². The lowest BCUT2D eigenvalue weighted by atomic mass is 9.62. The van der Waals surface area contributed by atoms with Crippen molar-refractivity contribution in [2.75, 3.05) is 0 Å². The largest absolute Gasteiger partial charge is 0.388 e. The first kappa shape index (κ1) is 12.2. The van der Waals surface area contributed by atoms with Crippen LogP contribution in [0.4, 0.5) is 0 Å². The van der Waals surface area contributed by atoms with Crippen molar-refractivity contribution in [1.29, 1.82) is 5.26 Å². The molecule has 0 radical (unpaired) electrons. The van der Waals surface area contributed by atoms with Gasteiger partial charge < -0.3 is 9.90 Å². The van der Waals surface area contributed by atoms with E-state index < -0.39 is 11.0 Å². The van der Waals surface area contributed by atoms with Gasteiger partial charge in [0.25, 0.3) is 0 Å². The van der Waals surface area contributed by atoms with Gasteiger partial charge >= 0.3 is 0 Å². The van der Waals surface area contributed by atoms with Gasteiger partial charge in [0.15, 0.2) is 0 Å². The molecule has 0 aromatic heterocycles. The molecule has 1 aliphatic rings. The first-order valence-electron chi connectivity index (χ1n) is 5.55. The summed E-state index contributed by atoms with van der Waals surface area (Å²) in [5.41, 5.74) is -1.90. The summed E-state index contributed by atoms with van der Waals surface area (Å²) in [6.07, 6.45) is 4.08. The molecule has 1 atom stereocenters. The molecule has 1 rings (SSSR count). The molecule has 1 saturated carbocycles. The molecule has 84 valence electrons. The maximum atomic E-state index is 10.5. The van der Waals surface area contributed by atoms with E-state index in [4.69, 9.17) is 0 Å². The smallest absolute Gasteiger partial charge is 0.122 e. The van der Waals surface area contributed by atoms with E-state index in [1.807, 2.05) is 0 Å². The Kier molecular flexibility index (Phi) is 3.51. The summed E-state index contributed by atoms with van der Waals surface area (Å²) in [5, 5.41) is 19.5. The predicted octanol–water partition coefficient (Wildman–Crippen LogP) is 2.05. The summed E-state index contributed by atoms with van der Waals surface area (Å²) < 4.78 is 0. The minimum absolute atomic E-state index is 0.0505. The maximum Gasteiger partial charge on any atom is 0.122 e. The summed E-state index contributed by atoms with van der Waals surface area (Å²) in [7, 11) is 0. The molecule has 1 aliphatic carbocycles. The van der Waals surface area contributed by atoms with Gasteiger partial charge in [0.2, 0.25) is 0 Å². The second-order valence-electron chi connectivity index (χ2n) is 5.02. The molecular formula is C12H19NO2. The van der Waals surface area contributed by atoms with Gasteiger partial charge in [0.1, 0.15) is 6.29 Å². The lowest BCUT2D eigenvalue weighted by Crippen LogP contribution is -2.47. The molecule has 0 aromatic carbocycles. The van der Waals surface area contributed by atoms with Crippen molar-refractivity contribution in [3.8, 4) is 6.07 Å². The molecule has 0 amide bonds. The summed E-state index contributed by atoms with van der Waals surface area (Å²) in [4.78, 5) is 10.5. The molecule has 3 nitrogen and oxygen atoms in total. The number of rotatable bonds is 3. The van der Waals surface area contributed by atoms with Gasteiger partial charge in [-0.15, -0.1) is 0 Å². The van der Waals surface area contributed by atoms with Crippen LogP contribution in [0.1, 0.15) is 46.0 Å². The van der Waals surface area contributed by atoms with E-state index in [1.165, 1.54) is 0 Å². The first-order chi connectivity index (χ1) is 6.97. The number of nitriles is 1. The predicted molar refractivity (Wildman–Crippen MR) is 57.0 cm³/mol. The summed E-state index contributed by atoms with van der Waals surface area (Å²) in [6, 6.07) is 2.25. The Labute approximate surface area is 91.1 Å². The first-order valence-corrected chi connectivity index (χ1v) is 5.55. The van der Waals surface area contributed by atoms with Crippen molar-refractivity contribution in [3.63, 3.8) is 0 Å². The Morgan fingerprint density at radius 2 is 2.13 bits per heavy atom. The zero-order valence-corrected chi connectivity index (χ0v) is 9.49. The number of hydrogen-bond donors (Lipinski definition) is 1. The van der Waals surface area contributed by atoms with Crippen LogP contribution >= 0.6 is 0 Å². The Morgan fingerprint density at radius 1 is 1.60 bits per heavy atom. The average Bonchev–Trinajstić information content (AvgIpc) is 2.19. The number of aliphatic hydroxyl groups is 1. The van der Waals surface area contributed by atoms with Crippen LogP contribution in [-0.4, -0.2) is 17.0 Å². The third kappa shape index (κ3) is 2.21. The molecule has 0 aromatic rings. The van der Waals surface area contributed by atoms with Gasteiger partial charge in [-0.1, -0.05) is 6.92 Å². The van der Waals surface area contributed by atoms with Crippen LogP contribution < -0.4 is 0 Å². The van der Waals surface area contributed by atoms with Gasteiger partial charge in [-0.3, -0.25) is 0 Å². The van der Waals surface area contributed by atoms with Crippen molar-refractivity contribution in [3.05, 3.63) is 0 Å². The molecular weight excluding hydrogens is 190 g/mol. The molecule has 3 heteroatoms. The zero-order valence-electron chi connectivity index (χ0n) is 9.49. The van der Waals surface area contributed by atoms with Gasteiger partial charge in [-0.2, -0.15) is 5.26 Å². The van der Waals surface area contributed by atoms with E-state index in [9.17, 15) is 15.2 Å². The minimum atomic E-state index is -1.18. The average molecular weight is 209 g/mol. The van der Waals surface area contributed by atoms with Crippen LogP contribution in [0.2, 0.25) is 0 Å². The molecule has 0 heterocycles. The Balaban J connectivity index is 2.86. The third-order valence-electron chi connectivity index (χ3n) is 3.85. The van der Waals surface area contributed by atoms with Gasteiger partial charge in [0.05, 0.1) is 17.1 Å². The van der Waals surface area contributed by atoms with Crippen molar-refractivity contribution in [2.45, 2.75) is 51.6 Å². The van der Waals surface area contributed by atoms with Gasteiger partial charge in [0, 0.05) is 6.42 Å². The summed E-state index contributed by atoms with van der Waals surface area (Å²) in [6.45, 7) is 3.77. The van der Waals surface area contributed by atoms with E-state index in [1.54, 1.807) is 6.92 Å². The molecule has 0 bridgehead atoms. The molecule has 0 spiro atoms. The molecule has 1 fully saturated rings. The highest BCUT2D eigenvalue weighted by Crippen LogP contribution is 2.47. The van der Waals surface area contributed by atoms with E-state index in [0.717, 1.165) is 12.8 Å². The fourth-order valence-electron chi connectivity index (χ4n) is 2.38. The SMILES string of the molecule is CC1CCC(C#N)(C(C)(O)CC=O)CC1. The van der Waals surface area contributed by atoms with E-state index in [2.05, 4.69) is 13.0 Å². The van der Waals surface area contributed by atoms with Crippen molar-refractivity contribution >= 4 is 6.29 Å². The molecule has 1 N–H and O–H groups in total. The molecule has 0 saturated heterocycles. The van der Waals surface area contributed by atoms with E-state index in [-0.39, 0.29) is 6.42 Å². The summed E-state index contributed by atoms with van der Waals surface area (Å²) in [5.74, 6) is 0.624. The Hall–Kier alpha value is -0.880. The van der Waals surface area contributed by atoms with Crippen LogP contribution in [-0.2, 0) is 4.79 Å². The standard InChI is InChI=1S/C12H19NO2/c1-10-3-5-12(9-13,6-4-10)11(2,15)7-8-14/h8,10,15H,3-7H2,1-2H3. The highest BCUT2D eigenvalue weighted by molar-refractivity contribution is 5.52. The quantitative estimate of drug-likeness (QED) is 0.723. The highest BCUT2D eigenvalue weighted by atomic mass is 16.3. The molecule has 1 unspecified atom stereocenters. The van der Waals surface area contributed by atoms with Crippen LogP contribution in [0, 0.1) is 22.7 Å². The minimum Gasteiger partial charge on any atom is -0.388 e. The van der Waals surface area contributed by atoms with Crippen molar-refractivity contribution in [1.82, 2.24) is 0 Å². The number of carbonyl (C=O) groups excluding carboxylic acids is 1. The second kappa shape index (κ2) is 4.32. The number of nitrogens with zero attached hydrogens (tertiary/aromatic N) is 1. The van der Waals surface area contributed by atoms with Crippen LogP contribution in [0.5, 0.6) is 0 Å². The van der Waals surface area contributed by atoms with Crippen molar-refractivity contribution < 1.29 is 9.90 Å². The Morgan fingerprint density at radius 3 is 2.53 bits per heavy atom. The molecule has 0 aliphatic heterocycles. The lowest BCUT2D eigenvalue weighted by molar-refractivity contribution is -0.119. The number of hydrogen-bond acceptors (Lipinski definition) is 3. The van der Waals surface area contributed by atoms with E-state index in [0.29, 0.717) is 25.0 Å². The van der Waals surface area contributed by atoms with Crippen LogP contribution in [0.15, 0.2) is 0 Å². The lowest BCUT2D eigenvalue weighted by Gasteiger charge is -2.43. The van der Waals surface area contributed by atoms with E-state index >= 15 is 0 Å². The zero-order chi connectivity index (χ0) is 11.5. The second-order valence-corrected chi connectivity index (χ2v) is 5.02. The number of aldehydes is 1. The number of carbonyl (C=O) groups is 1. The third-order valence-corrected chi connectivity index (χ3v) is 3.85. The fraction of sp³-hybridized carbons (Fsp3) is 0.833. The van der Waals surface area contributed by atoms with Crippen LogP contribution in [0.3, 0.4) is 0 Å².